The molecule has 48 valence electrons. The molecule has 0 rings (SSSR count). The van der Waals surface area contributed by atoms with Crippen molar-refractivity contribution in [3.8, 4) is 0 Å². The topological polar surface area (TPSA) is 49.3 Å². The third-order valence-electron chi connectivity index (χ3n) is 0.655. The van der Waals surface area contributed by atoms with E-state index < -0.39 is 12.0 Å². The molecule has 3 nitrogen and oxygen atoms in total. The lowest BCUT2D eigenvalue weighted by Crippen LogP contribution is -2.31. The second-order valence-corrected chi connectivity index (χ2v) is 1.87. The van der Waals surface area contributed by atoms with Crippen molar-refractivity contribution in [1.29, 1.82) is 1.28 Å². The number of carboxylic acid groups (broad SMARTS) is 1. The van der Waals surface area contributed by atoms with Crippen LogP contribution in [-0.2, 0) is 4.79 Å². The summed E-state index contributed by atoms with van der Waals surface area (Å²) in [5.74, 6) is -0.731. The molecule has 0 aromatic rings. The number of carbonyl (C=O) groups is 1. The van der Waals surface area contributed by atoms with Crippen LogP contribution in [0.1, 0.15) is 0 Å². The van der Waals surface area contributed by atoms with Crippen LogP contribution in [-0.4, -0.2) is 24.1 Å². The summed E-state index contributed by atoms with van der Waals surface area (Å²) in [5, 5.41) is 10.8. The van der Waals surface area contributed by atoms with Gasteiger partial charge in [0.25, 0.3) is 0 Å². The van der Waals surface area contributed by atoms with Crippen molar-refractivity contribution in [3.05, 3.63) is 0 Å². The van der Waals surface area contributed by atoms with Gasteiger partial charge in [-0.05, 0) is 0 Å². The van der Waals surface area contributed by atoms with Crippen LogP contribution in [0.3, 0.4) is 0 Å². The molecular weight excluding hydrogens is 145 g/mol. The van der Waals surface area contributed by atoms with Gasteiger partial charge >= 0.3 is 5.97 Å². The number of nitrogens with one attached hydrogen (secondary N) is 1. The van der Waals surface area contributed by atoms with E-state index >= 15 is 0 Å². The molecule has 0 aliphatic heterocycles. The van der Waals surface area contributed by atoms with Gasteiger partial charge in [-0.25, -0.2) is 0 Å². The van der Waals surface area contributed by atoms with Crippen molar-refractivity contribution in [3.63, 3.8) is 0 Å². The van der Waals surface area contributed by atoms with Crippen LogP contribution < -0.4 is 5.09 Å². The molecule has 5 heteroatoms. The zero-order valence-electron chi connectivity index (χ0n) is 5.09. The average molecular weight is 155 g/mol. The highest BCUT2D eigenvalue weighted by atomic mass is 32.1. The molecule has 0 amide bonds. The molecule has 0 bridgehead atoms. The van der Waals surface area contributed by atoms with Crippen LogP contribution in [0.5, 0.6) is 0 Å². The van der Waals surface area contributed by atoms with E-state index in [1.54, 1.807) is 0 Å². The van der Waals surface area contributed by atoms with Crippen LogP contribution in [0.4, 0.5) is 0 Å². The highest BCUT2D eigenvalue weighted by Gasteiger charge is 2.10. The summed E-state index contributed by atoms with van der Waals surface area (Å²) >= 11 is 3.77. The summed E-state index contributed by atoms with van der Waals surface area (Å²) in [4.78, 5) is 10.1. The largest absolute Gasteiger partial charge is 0.480 e. The van der Waals surface area contributed by atoms with Gasteiger partial charge in [-0.1, -0.05) is 9.34 Å². The summed E-state index contributed by atoms with van der Waals surface area (Å²) in [6.07, 6.45) is 0. The number of thiol groups is 1. The molecule has 2 N–H and O–H groups in total. The lowest BCUT2D eigenvalue weighted by atomic mass is 10.4. The first-order valence-corrected chi connectivity index (χ1v) is 3.11. The SMILES string of the molecule is [3H]PN[C@H](CS)C(=O)O. The zero-order chi connectivity index (χ0) is 7.28. The molecule has 8 heavy (non-hydrogen) atoms. The maximum atomic E-state index is 10.1. The molecular formula is C3H8NO2PS. The summed E-state index contributed by atoms with van der Waals surface area (Å²) < 4.78 is 6.65. The van der Waals surface area contributed by atoms with Gasteiger partial charge in [0, 0.05) is 5.75 Å². The highest BCUT2D eigenvalue weighted by molar-refractivity contribution is 7.80. The summed E-state index contributed by atoms with van der Waals surface area (Å²) in [7, 11) is -0.292. The molecule has 0 saturated carbocycles. The quantitative estimate of drug-likeness (QED) is 0.387. The van der Waals surface area contributed by atoms with Crippen molar-refractivity contribution < 1.29 is 9.90 Å². The van der Waals surface area contributed by atoms with Gasteiger partial charge in [0.2, 0.25) is 0 Å². The molecule has 0 spiro atoms. The van der Waals surface area contributed by atoms with Crippen LogP contribution in [0, 0.1) is 0 Å². The molecule has 2 atom stereocenters. The molecule has 0 radical (unpaired) electrons. The second kappa shape index (κ2) is 4.13. The smallest absolute Gasteiger partial charge is 0.321 e. The minimum atomic E-state index is -0.954. The van der Waals surface area contributed by atoms with Crippen LogP contribution in [0.2, 0.25) is 0 Å². The first-order valence-electron chi connectivity index (χ1n) is 2.48. The van der Waals surface area contributed by atoms with Crippen LogP contribution >= 0.6 is 22.0 Å². The summed E-state index contributed by atoms with van der Waals surface area (Å²) in [6, 6.07) is -0.677. The Bertz CT molecular complexity index is 104. The standard InChI is InChI=1S/C3H8NO2PS/c5-3(6)2(1-8)4-7/h2,4,8H,1,7H2,(H,5,6)/t2-/m1/s1/i7T/t2-,7?. The Labute approximate surface area is 56.8 Å². The maximum Gasteiger partial charge on any atom is 0.321 e. The van der Waals surface area contributed by atoms with Crippen molar-refractivity contribution in [2.75, 3.05) is 5.75 Å². The van der Waals surface area contributed by atoms with E-state index in [2.05, 4.69) is 17.7 Å². The number of carboxylic acids is 1. The predicted octanol–water partition coefficient (Wildman–Crippen LogP) is -0.251. The van der Waals surface area contributed by atoms with Crippen LogP contribution in [0.15, 0.2) is 0 Å². The molecule has 1 unspecified atom stereocenters. The Kier molecular flexibility index (Phi) is 3.26. The lowest BCUT2D eigenvalue weighted by Gasteiger charge is -2.04. The fraction of sp³-hybridized carbons (Fsp3) is 0.667. The molecule has 0 aliphatic carbocycles. The fourth-order valence-corrected chi connectivity index (χ4v) is 0.830. The van der Waals surface area contributed by atoms with Gasteiger partial charge in [-0.2, -0.15) is 12.6 Å². The van der Waals surface area contributed by atoms with Crippen molar-refractivity contribution in [2.45, 2.75) is 6.04 Å². The first kappa shape index (κ1) is 6.33. The lowest BCUT2D eigenvalue weighted by molar-refractivity contribution is -0.138. The molecule has 0 aliphatic rings. The Morgan fingerprint density at radius 3 is 3.00 bits per heavy atom. The highest BCUT2D eigenvalue weighted by Crippen LogP contribution is 1.89. The zero-order valence-corrected chi connectivity index (χ0v) is 5.98. The van der Waals surface area contributed by atoms with E-state index in [0.29, 0.717) is 0 Å². The molecule has 0 aromatic heterocycles. The van der Waals surface area contributed by atoms with E-state index in [9.17, 15) is 4.79 Å². The third-order valence-corrected chi connectivity index (χ3v) is 1.37. The second-order valence-electron chi connectivity index (χ2n) is 1.22. The van der Waals surface area contributed by atoms with E-state index in [4.69, 9.17) is 6.39 Å². The molecule has 0 fully saturated rings. The molecule has 0 aromatic carbocycles. The molecule has 0 heterocycles. The van der Waals surface area contributed by atoms with Crippen molar-refractivity contribution in [1.82, 2.24) is 5.09 Å². The van der Waals surface area contributed by atoms with Crippen molar-refractivity contribution in [2.24, 2.45) is 0 Å². The Morgan fingerprint density at radius 1 is 2.25 bits per heavy atom. The Hall–Kier alpha value is 0.210. The Balaban J connectivity index is 3.54. The van der Waals surface area contributed by atoms with Gasteiger partial charge in [0.1, 0.15) is 6.04 Å². The minimum absolute atomic E-state index is 0.223. The minimum Gasteiger partial charge on any atom is -0.480 e. The maximum absolute atomic E-state index is 10.1. The number of aliphatic carboxylic acids is 1. The first-order chi connectivity index (χ1) is 4.22. The van der Waals surface area contributed by atoms with Gasteiger partial charge in [-0.15, -0.1) is 0 Å². The summed E-state index contributed by atoms with van der Waals surface area (Å²) in [6.45, 7) is 0. The van der Waals surface area contributed by atoms with Gasteiger partial charge in [-0.3, -0.25) is 9.88 Å². The van der Waals surface area contributed by atoms with Gasteiger partial charge in [0.05, 0.1) is 1.28 Å². The van der Waals surface area contributed by atoms with E-state index in [0.717, 1.165) is 0 Å². The Morgan fingerprint density at radius 2 is 2.88 bits per heavy atom. The van der Waals surface area contributed by atoms with E-state index in [1.165, 1.54) is 0 Å². The average Bonchev–Trinajstić information content (AvgIpc) is 1.82. The number of rotatable bonds is 4. The molecule has 0 saturated heterocycles. The fourth-order valence-electron chi connectivity index (χ4n) is 0.185. The summed E-state index contributed by atoms with van der Waals surface area (Å²) in [5.41, 5.74) is 0. The number of hydrogen-bond acceptors (Lipinski definition) is 3. The monoisotopic (exact) mass is 155 g/mol. The normalized spacial score (nSPS) is 16.4. The van der Waals surface area contributed by atoms with E-state index in [-0.39, 0.29) is 15.1 Å². The van der Waals surface area contributed by atoms with Crippen molar-refractivity contribution >= 4 is 27.9 Å². The number of hydrogen-bond donors (Lipinski definition) is 3. The third kappa shape index (κ3) is 2.50. The van der Waals surface area contributed by atoms with E-state index in [1.807, 2.05) is 0 Å². The van der Waals surface area contributed by atoms with Gasteiger partial charge < -0.3 is 5.11 Å². The van der Waals surface area contributed by atoms with Gasteiger partial charge in [0.15, 0.2) is 0 Å². The van der Waals surface area contributed by atoms with Crippen LogP contribution in [0.25, 0.3) is 0 Å². The predicted molar refractivity (Wildman–Crippen MR) is 38.1 cm³/mol.